The Kier molecular flexibility index (Phi) is 5.85. The number of carbonyl (C=O) groups is 2. The first-order chi connectivity index (χ1) is 10.7. The van der Waals surface area contributed by atoms with Crippen LogP contribution in [-0.2, 0) is 13.1 Å². The van der Waals surface area contributed by atoms with Gasteiger partial charge in [-0.1, -0.05) is 6.07 Å². The van der Waals surface area contributed by atoms with Crippen LogP contribution in [0.2, 0.25) is 0 Å². The number of hydrogen-bond donors (Lipinski definition) is 2. The van der Waals surface area contributed by atoms with E-state index in [2.05, 4.69) is 10.6 Å². The van der Waals surface area contributed by atoms with E-state index in [-0.39, 0.29) is 24.3 Å². The summed E-state index contributed by atoms with van der Waals surface area (Å²) in [5.41, 5.74) is 3.23. The fourth-order valence-electron chi connectivity index (χ4n) is 2.99. The largest absolute Gasteiger partial charge is 0.338 e. The quantitative estimate of drug-likeness (QED) is 0.851. The number of fused-ring (bicyclic) bond motifs is 1. The van der Waals surface area contributed by atoms with E-state index in [1.54, 1.807) is 4.90 Å². The Bertz CT molecular complexity index is 585. The molecule has 3 amide bonds. The topological polar surface area (TPSA) is 64.7 Å². The molecule has 3 rings (SSSR count). The van der Waals surface area contributed by atoms with Crippen LogP contribution in [0.4, 0.5) is 4.79 Å². The lowest BCUT2D eigenvalue weighted by molar-refractivity contribution is 0.0665. The first kappa shape index (κ1) is 17.6. The summed E-state index contributed by atoms with van der Waals surface area (Å²) in [5, 5.41) is 6.08. The minimum atomic E-state index is -0.0433. The average molecular weight is 339 g/mol. The number of urea groups is 1. The average Bonchev–Trinajstić information content (AvgIpc) is 3.02. The Morgan fingerprint density at radius 1 is 1.09 bits per heavy atom. The van der Waals surface area contributed by atoms with Crippen molar-refractivity contribution < 1.29 is 9.59 Å². The van der Waals surface area contributed by atoms with Gasteiger partial charge in [0.1, 0.15) is 0 Å². The number of nitrogens with zero attached hydrogens (tertiary/aromatic N) is 2. The Morgan fingerprint density at radius 2 is 1.74 bits per heavy atom. The standard InChI is InChI=1S/C16H22N4O2.ClH/c1-2-18-16(22)20-7-5-19(6-8-20)15(21)12-3-4-13-10-17-11-14(13)9-12;/h3-4,9,17H,2,5-8,10-11H2,1H3,(H,18,22);1H. The summed E-state index contributed by atoms with van der Waals surface area (Å²) in [5.74, 6) is 0.0604. The maximum absolute atomic E-state index is 12.6. The molecule has 0 radical (unpaired) electrons. The molecule has 2 heterocycles. The van der Waals surface area contributed by atoms with Crippen LogP contribution >= 0.6 is 12.4 Å². The highest BCUT2D eigenvalue weighted by molar-refractivity contribution is 5.94. The van der Waals surface area contributed by atoms with Gasteiger partial charge in [-0.2, -0.15) is 0 Å². The van der Waals surface area contributed by atoms with Crippen molar-refractivity contribution in [1.82, 2.24) is 20.4 Å². The van der Waals surface area contributed by atoms with E-state index in [1.807, 2.05) is 30.0 Å². The lowest BCUT2D eigenvalue weighted by Crippen LogP contribution is -2.53. The fourth-order valence-corrected chi connectivity index (χ4v) is 2.99. The van der Waals surface area contributed by atoms with E-state index in [4.69, 9.17) is 0 Å². The summed E-state index contributed by atoms with van der Waals surface area (Å²) < 4.78 is 0. The normalized spacial score (nSPS) is 16.6. The van der Waals surface area contributed by atoms with Crippen LogP contribution in [-0.4, -0.2) is 54.5 Å². The number of carbonyl (C=O) groups excluding carboxylic acids is 2. The van der Waals surface area contributed by atoms with Crippen LogP contribution in [0, 0.1) is 0 Å². The van der Waals surface area contributed by atoms with Crippen molar-refractivity contribution in [3.63, 3.8) is 0 Å². The number of amides is 3. The highest BCUT2D eigenvalue weighted by Gasteiger charge is 2.25. The molecule has 0 aromatic heterocycles. The Morgan fingerprint density at radius 3 is 2.43 bits per heavy atom. The molecule has 2 aliphatic rings. The van der Waals surface area contributed by atoms with Gasteiger partial charge >= 0.3 is 6.03 Å². The van der Waals surface area contributed by atoms with Crippen molar-refractivity contribution in [3.8, 4) is 0 Å². The molecule has 2 aliphatic heterocycles. The van der Waals surface area contributed by atoms with Crippen molar-refractivity contribution in [2.75, 3.05) is 32.7 Å². The first-order valence-corrected chi connectivity index (χ1v) is 7.83. The number of piperazine rings is 1. The Hall–Kier alpha value is -1.79. The molecule has 2 N–H and O–H groups in total. The summed E-state index contributed by atoms with van der Waals surface area (Å²) >= 11 is 0. The van der Waals surface area contributed by atoms with Gasteiger partial charge in [0.05, 0.1) is 0 Å². The van der Waals surface area contributed by atoms with Gasteiger partial charge in [-0.25, -0.2) is 4.79 Å². The second kappa shape index (κ2) is 7.66. The molecular formula is C16H23ClN4O2. The lowest BCUT2D eigenvalue weighted by Gasteiger charge is -2.34. The predicted octanol–water partition coefficient (Wildman–Crippen LogP) is 1.20. The summed E-state index contributed by atoms with van der Waals surface area (Å²) in [7, 11) is 0. The maximum Gasteiger partial charge on any atom is 0.317 e. The molecule has 6 nitrogen and oxygen atoms in total. The molecule has 1 aromatic rings. The van der Waals surface area contributed by atoms with Gasteiger partial charge in [0.15, 0.2) is 0 Å². The molecule has 23 heavy (non-hydrogen) atoms. The van der Waals surface area contributed by atoms with Gasteiger partial charge in [-0.3, -0.25) is 4.79 Å². The van der Waals surface area contributed by atoms with E-state index in [9.17, 15) is 9.59 Å². The van der Waals surface area contributed by atoms with Gasteiger partial charge in [0, 0.05) is 51.4 Å². The second-order valence-electron chi connectivity index (χ2n) is 5.70. The lowest BCUT2D eigenvalue weighted by atomic mass is 10.1. The van der Waals surface area contributed by atoms with Crippen LogP contribution in [0.1, 0.15) is 28.4 Å². The van der Waals surface area contributed by atoms with E-state index in [0.717, 1.165) is 18.7 Å². The molecule has 0 unspecified atom stereocenters. The van der Waals surface area contributed by atoms with Crippen LogP contribution in [0.25, 0.3) is 0 Å². The summed E-state index contributed by atoms with van der Waals surface area (Å²) in [4.78, 5) is 28.0. The number of rotatable bonds is 2. The number of nitrogens with one attached hydrogen (secondary N) is 2. The first-order valence-electron chi connectivity index (χ1n) is 7.83. The van der Waals surface area contributed by atoms with Gasteiger partial charge < -0.3 is 20.4 Å². The third-order valence-electron chi connectivity index (χ3n) is 4.27. The van der Waals surface area contributed by atoms with Crippen molar-refractivity contribution in [2.24, 2.45) is 0 Å². The number of halogens is 1. The highest BCUT2D eigenvalue weighted by Crippen LogP contribution is 2.18. The molecule has 126 valence electrons. The van der Waals surface area contributed by atoms with Crippen molar-refractivity contribution in [2.45, 2.75) is 20.0 Å². The minimum absolute atomic E-state index is 0. The summed E-state index contributed by atoms with van der Waals surface area (Å²) in [6.07, 6.45) is 0. The molecule has 0 atom stereocenters. The SMILES string of the molecule is CCNC(=O)N1CCN(C(=O)c2ccc3c(c2)CNC3)CC1.Cl. The predicted molar refractivity (Wildman–Crippen MR) is 90.8 cm³/mol. The van der Waals surface area contributed by atoms with Crippen molar-refractivity contribution in [1.29, 1.82) is 0 Å². The third-order valence-corrected chi connectivity index (χ3v) is 4.27. The van der Waals surface area contributed by atoms with Gasteiger partial charge in [0.25, 0.3) is 5.91 Å². The molecule has 1 saturated heterocycles. The van der Waals surface area contributed by atoms with Crippen LogP contribution < -0.4 is 10.6 Å². The van der Waals surface area contributed by atoms with Crippen LogP contribution in [0.5, 0.6) is 0 Å². The highest BCUT2D eigenvalue weighted by atomic mass is 35.5. The third kappa shape index (κ3) is 3.76. The molecule has 7 heteroatoms. The molecule has 1 aromatic carbocycles. The fraction of sp³-hybridized carbons (Fsp3) is 0.500. The monoisotopic (exact) mass is 338 g/mol. The summed E-state index contributed by atoms with van der Waals surface area (Å²) in [6, 6.07) is 5.89. The molecule has 0 saturated carbocycles. The van der Waals surface area contributed by atoms with Gasteiger partial charge in [-0.15, -0.1) is 12.4 Å². The Balaban J connectivity index is 0.00000192. The molecular weight excluding hydrogens is 316 g/mol. The second-order valence-corrected chi connectivity index (χ2v) is 5.70. The zero-order valence-corrected chi connectivity index (χ0v) is 14.1. The van der Waals surface area contributed by atoms with Crippen molar-refractivity contribution >= 4 is 24.3 Å². The van der Waals surface area contributed by atoms with E-state index < -0.39 is 0 Å². The number of benzene rings is 1. The Labute approximate surface area is 142 Å². The zero-order valence-electron chi connectivity index (χ0n) is 13.3. The van der Waals surface area contributed by atoms with E-state index >= 15 is 0 Å². The van der Waals surface area contributed by atoms with Gasteiger partial charge in [0.2, 0.25) is 0 Å². The van der Waals surface area contributed by atoms with Crippen LogP contribution in [0.15, 0.2) is 18.2 Å². The molecule has 0 aliphatic carbocycles. The number of hydrogen-bond acceptors (Lipinski definition) is 3. The van der Waals surface area contributed by atoms with Crippen LogP contribution in [0.3, 0.4) is 0 Å². The molecule has 0 bridgehead atoms. The van der Waals surface area contributed by atoms with Crippen molar-refractivity contribution in [3.05, 3.63) is 34.9 Å². The smallest absolute Gasteiger partial charge is 0.317 e. The van der Waals surface area contributed by atoms with E-state index in [0.29, 0.717) is 32.7 Å². The molecule has 0 spiro atoms. The maximum atomic E-state index is 12.6. The zero-order chi connectivity index (χ0) is 15.5. The molecule has 1 fully saturated rings. The van der Waals surface area contributed by atoms with E-state index in [1.165, 1.54) is 11.1 Å². The minimum Gasteiger partial charge on any atom is -0.338 e. The summed E-state index contributed by atoms with van der Waals surface area (Å²) in [6.45, 7) is 6.60. The van der Waals surface area contributed by atoms with Gasteiger partial charge in [-0.05, 0) is 30.2 Å².